The van der Waals surface area contributed by atoms with Crippen LogP contribution in [0.4, 0.5) is 11.6 Å². The molecule has 6 nitrogen and oxygen atoms in total. The van der Waals surface area contributed by atoms with Gasteiger partial charge in [0.15, 0.2) is 11.6 Å². The van der Waals surface area contributed by atoms with Crippen molar-refractivity contribution in [2.24, 2.45) is 0 Å². The fraction of sp³-hybridized carbons (Fsp3) is 0.235. The molecule has 23 heavy (non-hydrogen) atoms. The normalized spacial score (nSPS) is 14.3. The third-order valence-corrected chi connectivity index (χ3v) is 3.89. The van der Waals surface area contributed by atoms with Crippen molar-refractivity contribution in [2.75, 3.05) is 5.32 Å². The molecule has 6 heteroatoms. The molecule has 0 amide bonds. The molecule has 0 radical (unpaired) electrons. The van der Waals surface area contributed by atoms with Gasteiger partial charge in [0.25, 0.3) is 0 Å². The number of nitrogens with one attached hydrogen (secondary N) is 1. The Kier molecular flexibility index (Phi) is 3.63. The van der Waals surface area contributed by atoms with Gasteiger partial charge < -0.3 is 14.6 Å². The SMILES string of the molecule is c1cncc(-n2cnc(Nc3ncccc3OC3CCC3)c2)c1. The number of pyridine rings is 2. The highest BCUT2D eigenvalue weighted by Gasteiger charge is 2.20. The fourth-order valence-corrected chi connectivity index (χ4v) is 2.40. The van der Waals surface area contributed by atoms with Gasteiger partial charge in [0, 0.05) is 12.4 Å². The molecular formula is C17H17N5O. The zero-order valence-corrected chi connectivity index (χ0v) is 12.6. The van der Waals surface area contributed by atoms with Gasteiger partial charge in [0.2, 0.25) is 0 Å². The molecule has 0 spiro atoms. The van der Waals surface area contributed by atoms with Gasteiger partial charge in [-0.15, -0.1) is 0 Å². The lowest BCUT2D eigenvalue weighted by molar-refractivity contribution is 0.121. The van der Waals surface area contributed by atoms with Gasteiger partial charge in [-0.25, -0.2) is 9.97 Å². The Morgan fingerprint density at radius 1 is 1.13 bits per heavy atom. The third-order valence-electron chi connectivity index (χ3n) is 3.89. The molecule has 0 saturated heterocycles. The summed E-state index contributed by atoms with van der Waals surface area (Å²) in [6.07, 6.45) is 12.7. The van der Waals surface area contributed by atoms with Crippen LogP contribution in [0, 0.1) is 0 Å². The summed E-state index contributed by atoms with van der Waals surface area (Å²) in [5.74, 6) is 2.18. The second-order valence-corrected chi connectivity index (χ2v) is 5.52. The van der Waals surface area contributed by atoms with Crippen LogP contribution in [-0.2, 0) is 0 Å². The molecule has 3 heterocycles. The van der Waals surface area contributed by atoms with Crippen molar-refractivity contribution >= 4 is 11.6 Å². The monoisotopic (exact) mass is 307 g/mol. The van der Waals surface area contributed by atoms with Gasteiger partial charge in [-0.3, -0.25) is 4.98 Å². The first kappa shape index (κ1) is 13.8. The molecular weight excluding hydrogens is 290 g/mol. The number of aromatic nitrogens is 4. The molecule has 3 aromatic rings. The molecule has 0 aromatic carbocycles. The Hall–Kier alpha value is -2.89. The first-order valence-electron chi connectivity index (χ1n) is 7.71. The molecule has 1 aliphatic rings. The van der Waals surface area contributed by atoms with Crippen molar-refractivity contribution in [1.82, 2.24) is 19.5 Å². The van der Waals surface area contributed by atoms with Crippen molar-refractivity contribution < 1.29 is 4.74 Å². The van der Waals surface area contributed by atoms with Crippen LogP contribution in [0.2, 0.25) is 0 Å². The summed E-state index contributed by atoms with van der Waals surface area (Å²) in [7, 11) is 0. The first-order valence-corrected chi connectivity index (χ1v) is 7.71. The Labute approximate surface area is 134 Å². The molecule has 0 aliphatic heterocycles. The van der Waals surface area contributed by atoms with Crippen molar-refractivity contribution in [3.05, 3.63) is 55.4 Å². The minimum Gasteiger partial charge on any atom is -0.487 e. The Bertz CT molecular complexity index is 782. The molecule has 1 aliphatic carbocycles. The van der Waals surface area contributed by atoms with Crippen LogP contribution in [0.25, 0.3) is 5.69 Å². The maximum Gasteiger partial charge on any atom is 0.174 e. The number of anilines is 2. The van der Waals surface area contributed by atoms with Crippen molar-refractivity contribution in [1.29, 1.82) is 0 Å². The van der Waals surface area contributed by atoms with Gasteiger partial charge in [0.05, 0.1) is 24.2 Å². The molecule has 4 rings (SSSR count). The minimum absolute atomic E-state index is 0.313. The van der Waals surface area contributed by atoms with Crippen LogP contribution in [0.5, 0.6) is 5.75 Å². The lowest BCUT2D eigenvalue weighted by Crippen LogP contribution is -2.25. The molecule has 116 valence electrons. The number of imidazole rings is 1. The van der Waals surface area contributed by atoms with Crippen LogP contribution in [-0.4, -0.2) is 25.6 Å². The highest BCUT2D eigenvalue weighted by molar-refractivity contribution is 5.59. The van der Waals surface area contributed by atoms with Crippen LogP contribution in [0.3, 0.4) is 0 Å². The maximum absolute atomic E-state index is 5.98. The largest absolute Gasteiger partial charge is 0.487 e. The molecule has 1 saturated carbocycles. The molecule has 0 bridgehead atoms. The van der Waals surface area contributed by atoms with Crippen LogP contribution in [0.15, 0.2) is 55.4 Å². The minimum atomic E-state index is 0.313. The first-order chi connectivity index (χ1) is 11.4. The highest BCUT2D eigenvalue weighted by atomic mass is 16.5. The topological polar surface area (TPSA) is 64.9 Å². The van der Waals surface area contributed by atoms with E-state index < -0.39 is 0 Å². The van der Waals surface area contributed by atoms with Gasteiger partial charge in [-0.05, 0) is 43.5 Å². The summed E-state index contributed by atoms with van der Waals surface area (Å²) in [5, 5.41) is 3.23. The van der Waals surface area contributed by atoms with Crippen LogP contribution in [0.1, 0.15) is 19.3 Å². The standard InChI is InChI=1S/C17H17N5O/c1-5-14(6-1)23-15-7-3-9-19-17(15)21-16-11-22(12-20-16)13-4-2-8-18-10-13/h2-4,7-12,14H,1,5-6H2,(H,19,21). The lowest BCUT2D eigenvalue weighted by Gasteiger charge is -2.27. The van der Waals surface area contributed by atoms with E-state index in [0.717, 1.165) is 24.3 Å². The van der Waals surface area contributed by atoms with Crippen molar-refractivity contribution in [2.45, 2.75) is 25.4 Å². The van der Waals surface area contributed by atoms with E-state index in [-0.39, 0.29) is 0 Å². The van der Waals surface area contributed by atoms with E-state index in [1.54, 1.807) is 24.9 Å². The predicted molar refractivity (Wildman–Crippen MR) is 87.1 cm³/mol. The Balaban J connectivity index is 1.53. The number of ether oxygens (including phenoxy) is 1. The van der Waals surface area contributed by atoms with E-state index in [9.17, 15) is 0 Å². The van der Waals surface area contributed by atoms with Gasteiger partial charge in [0.1, 0.15) is 12.1 Å². The molecule has 0 unspecified atom stereocenters. The van der Waals surface area contributed by atoms with Gasteiger partial charge >= 0.3 is 0 Å². The molecule has 3 aromatic heterocycles. The zero-order chi connectivity index (χ0) is 15.5. The number of hydrogen-bond acceptors (Lipinski definition) is 5. The predicted octanol–water partition coefficient (Wildman–Crippen LogP) is 3.34. The number of hydrogen-bond donors (Lipinski definition) is 1. The summed E-state index contributed by atoms with van der Waals surface area (Å²) in [6.45, 7) is 0. The number of rotatable bonds is 5. The average Bonchev–Trinajstić information content (AvgIpc) is 3.02. The molecule has 0 atom stereocenters. The summed E-state index contributed by atoms with van der Waals surface area (Å²) < 4.78 is 7.88. The smallest absolute Gasteiger partial charge is 0.174 e. The second-order valence-electron chi connectivity index (χ2n) is 5.52. The summed E-state index contributed by atoms with van der Waals surface area (Å²) >= 11 is 0. The Morgan fingerprint density at radius 3 is 2.83 bits per heavy atom. The molecule has 1 N–H and O–H groups in total. The zero-order valence-electron chi connectivity index (χ0n) is 12.6. The van der Waals surface area contributed by atoms with E-state index in [1.807, 2.05) is 35.0 Å². The van der Waals surface area contributed by atoms with E-state index in [1.165, 1.54) is 6.42 Å². The van der Waals surface area contributed by atoms with Crippen molar-refractivity contribution in [3.8, 4) is 11.4 Å². The molecule has 1 fully saturated rings. The van der Waals surface area contributed by atoms with Crippen LogP contribution < -0.4 is 10.1 Å². The maximum atomic E-state index is 5.98. The summed E-state index contributed by atoms with van der Waals surface area (Å²) in [4.78, 5) is 12.9. The third kappa shape index (κ3) is 3.01. The van der Waals surface area contributed by atoms with E-state index >= 15 is 0 Å². The lowest BCUT2D eigenvalue weighted by atomic mass is 9.96. The highest BCUT2D eigenvalue weighted by Crippen LogP contribution is 2.30. The van der Waals surface area contributed by atoms with Crippen LogP contribution >= 0.6 is 0 Å². The number of nitrogens with zero attached hydrogens (tertiary/aromatic N) is 4. The van der Waals surface area contributed by atoms with Gasteiger partial charge in [-0.1, -0.05) is 0 Å². The van der Waals surface area contributed by atoms with Gasteiger partial charge in [-0.2, -0.15) is 0 Å². The van der Waals surface area contributed by atoms with E-state index in [2.05, 4.69) is 20.3 Å². The second kappa shape index (κ2) is 6.08. The average molecular weight is 307 g/mol. The Morgan fingerprint density at radius 2 is 2.04 bits per heavy atom. The fourth-order valence-electron chi connectivity index (χ4n) is 2.40. The van der Waals surface area contributed by atoms with Crippen molar-refractivity contribution in [3.63, 3.8) is 0 Å². The summed E-state index contributed by atoms with van der Waals surface area (Å²) in [5.41, 5.74) is 0.958. The quantitative estimate of drug-likeness (QED) is 0.783. The van der Waals surface area contributed by atoms with E-state index in [0.29, 0.717) is 17.7 Å². The summed E-state index contributed by atoms with van der Waals surface area (Å²) in [6, 6.07) is 7.69. The van der Waals surface area contributed by atoms with E-state index in [4.69, 9.17) is 4.74 Å².